The van der Waals surface area contributed by atoms with Crippen LogP contribution in [0.25, 0.3) is 0 Å². The number of aryl methyl sites for hydroxylation is 1. The molecule has 1 aliphatic rings. The second-order valence-electron chi connectivity index (χ2n) is 4.29. The number of nitrogens with zero attached hydrogens (tertiary/aromatic N) is 2. The Labute approximate surface area is 111 Å². The largest absolute Gasteiger partial charge is 0.463 e. The van der Waals surface area contributed by atoms with E-state index < -0.39 is 5.97 Å². The number of anilines is 1. The van der Waals surface area contributed by atoms with E-state index in [1.807, 2.05) is 0 Å². The van der Waals surface area contributed by atoms with Crippen LogP contribution in [0.3, 0.4) is 0 Å². The number of ether oxygens (including phenoxy) is 2. The van der Waals surface area contributed by atoms with E-state index in [1.54, 1.807) is 13.0 Å². The van der Waals surface area contributed by atoms with E-state index in [0.29, 0.717) is 24.7 Å². The van der Waals surface area contributed by atoms with Crippen LogP contribution in [0.2, 0.25) is 0 Å². The molecule has 7 heteroatoms. The molecule has 0 radical (unpaired) electrons. The minimum Gasteiger partial charge on any atom is -0.463 e. The third-order valence-corrected chi connectivity index (χ3v) is 2.74. The van der Waals surface area contributed by atoms with Crippen LogP contribution in [0, 0.1) is 6.92 Å². The van der Waals surface area contributed by atoms with Gasteiger partial charge in [-0.1, -0.05) is 0 Å². The number of carbonyl (C=O) groups excluding carboxylic acids is 1. The summed E-state index contributed by atoms with van der Waals surface area (Å²) in [5, 5.41) is 6.40. The molecule has 1 fully saturated rings. The van der Waals surface area contributed by atoms with Crippen molar-refractivity contribution in [2.45, 2.75) is 13.0 Å². The molecule has 2 heterocycles. The average Bonchev–Trinajstić information content (AvgIpc) is 2.45. The number of rotatable bonds is 4. The van der Waals surface area contributed by atoms with Gasteiger partial charge in [-0.25, -0.2) is 14.8 Å². The van der Waals surface area contributed by atoms with Gasteiger partial charge in [0.05, 0.1) is 19.8 Å². The molecular weight excluding hydrogens is 248 g/mol. The van der Waals surface area contributed by atoms with E-state index in [-0.39, 0.29) is 11.9 Å². The van der Waals surface area contributed by atoms with Gasteiger partial charge in [0.15, 0.2) is 0 Å². The summed E-state index contributed by atoms with van der Waals surface area (Å²) >= 11 is 0. The number of aromatic nitrogens is 2. The first-order chi connectivity index (χ1) is 9.19. The zero-order valence-corrected chi connectivity index (χ0v) is 11.1. The molecule has 104 valence electrons. The fourth-order valence-electron chi connectivity index (χ4n) is 1.81. The van der Waals surface area contributed by atoms with Crippen molar-refractivity contribution >= 4 is 11.8 Å². The third kappa shape index (κ3) is 3.87. The van der Waals surface area contributed by atoms with Crippen LogP contribution in [-0.2, 0) is 9.47 Å². The van der Waals surface area contributed by atoms with Gasteiger partial charge in [-0.05, 0) is 6.92 Å². The van der Waals surface area contributed by atoms with Crippen LogP contribution in [0.4, 0.5) is 5.82 Å². The van der Waals surface area contributed by atoms with E-state index in [4.69, 9.17) is 4.74 Å². The van der Waals surface area contributed by atoms with E-state index in [9.17, 15) is 4.79 Å². The maximum absolute atomic E-state index is 11.4. The maximum Gasteiger partial charge on any atom is 0.376 e. The van der Waals surface area contributed by atoms with Gasteiger partial charge in [-0.2, -0.15) is 0 Å². The molecule has 1 aliphatic heterocycles. The molecule has 1 atom stereocenters. The molecule has 0 aromatic carbocycles. The zero-order valence-electron chi connectivity index (χ0n) is 11.1. The second kappa shape index (κ2) is 6.44. The summed E-state index contributed by atoms with van der Waals surface area (Å²) in [5.74, 6) is 0.122. The summed E-state index contributed by atoms with van der Waals surface area (Å²) in [7, 11) is 1.31. The fourth-order valence-corrected chi connectivity index (χ4v) is 1.81. The van der Waals surface area contributed by atoms with Crippen LogP contribution >= 0.6 is 0 Å². The summed E-state index contributed by atoms with van der Waals surface area (Å²) in [6, 6.07) is 1.78. The number of hydrogen-bond donors (Lipinski definition) is 2. The lowest BCUT2D eigenvalue weighted by molar-refractivity contribution is 0.0372. The highest BCUT2D eigenvalue weighted by molar-refractivity contribution is 5.85. The topological polar surface area (TPSA) is 85.4 Å². The standard InChI is InChI=1S/C12H18N4O3/c1-8-5-10(16-11(15-8)12(17)18-2)14-7-9-6-13-3-4-19-9/h5,9,13H,3-4,6-7H2,1-2H3,(H,14,15,16). The van der Waals surface area contributed by atoms with Crippen LogP contribution < -0.4 is 10.6 Å². The van der Waals surface area contributed by atoms with Gasteiger partial charge >= 0.3 is 5.97 Å². The molecule has 19 heavy (non-hydrogen) atoms. The Morgan fingerprint density at radius 1 is 1.63 bits per heavy atom. The monoisotopic (exact) mass is 266 g/mol. The Bertz CT molecular complexity index is 447. The molecule has 1 aromatic rings. The number of esters is 1. The highest BCUT2D eigenvalue weighted by Crippen LogP contribution is 2.08. The maximum atomic E-state index is 11.4. The molecule has 0 aliphatic carbocycles. The molecule has 2 rings (SSSR count). The number of hydrogen-bond acceptors (Lipinski definition) is 7. The number of methoxy groups -OCH3 is 1. The van der Waals surface area contributed by atoms with Gasteiger partial charge in [-0.15, -0.1) is 0 Å². The van der Waals surface area contributed by atoms with E-state index in [0.717, 1.165) is 13.1 Å². The lowest BCUT2D eigenvalue weighted by Crippen LogP contribution is -2.42. The van der Waals surface area contributed by atoms with E-state index in [2.05, 4.69) is 25.3 Å². The van der Waals surface area contributed by atoms with Gasteiger partial charge in [0.2, 0.25) is 5.82 Å². The Morgan fingerprint density at radius 3 is 3.16 bits per heavy atom. The molecule has 0 amide bonds. The predicted octanol–water partition coefficient (Wildman–Crippen LogP) is -0.0281. The molecule has 0 spiro atoms. The average molecular weight is 266 g/mol. The Kier molecular flexibility index (Phi) is 4.64. The summed E-state index contributed by atoms with van der Waals surface area (Å²) in [4.78, 5) is 19.6. The van der Waals surface area contributed by atoms with Crippen molar-refractivity contribution in [2.75, 3.05) is 38.7 Å². The van der Waals surface area contributed by atoms with Crippen molar-refractivity contribution in [3.8, 4) is 0 Å². The summed E-state index contributed by atoms with van der Waals surface area (Å²) in [6.45, 7) is 4.83. The van der Waals surface area contributed by atoms with Crippen LogP contribution in [0.5, 0.6) is 0 Å². The first-order valence-corrected chi connectivity index (χ1v) is 6.19. The molecule has 0 bridgehead atoms. The van der Waals surface area contributed by atoms with Crippen molar-refractivity contribution in [3.05, 3.63) is 17.6 Å². The van der Waals surface area contributed by atoms with Gasteiger partial charge in [0.1, 0.15) is 5.82 Å². The molecule has 0 saturated carbocycles. The van der Waals surface area contributed by atoms with Gasteiger partial charge in [0.25, 0.3) is 0 Å². The summed E-state index contributed by atoms with van der Waals surface area (Å²) < 4.78 is 10.2. The van der Waals surface area contributed by atoms with Gasteiger partial charge < -0.3 is 20.1 Å². The minimum absolute atomic E-state index is 0.0627. The minimum atomic E-state index is -0.540. The first-order valence-electron chi connectivity index (χ1n) is 6.19. The Hall–Kier alpha value is -1.73. The summed E-state index contributed by atoms with van der Waals surface area (Å²) in [5.41, 5.74) is 0.709. The summed E-state index contributed by atoms with van der Waals surface area (Å²) in [6.07, 6.45) is 0.102. The van der Waals surface area contributed by atoms with Gasteiger partial charge in [0, 0.05) is 31.4 Å². The quantitative estimate of drug-likeness (QED) is 0.740. The smallest absolute Gasteiger partial charge is 0.376 e. The van der Waals surface area contributed by atoms with Crippen molar-refractivity contribution < 1.29 is 14.3 Å². The van der Waals surface area contributed by atoms with Crippen LogP contribution in [-0.4, -0.2) is 55.4 Å². The lowest BCUT2D eigenvalue weighted by Gasteiger charge is -2.24. The predicted molar refractivity (Wildman–Crippen MR) is 69.2 cm³/mol. The van der Waals surface area contributed by atoms with E-state index in [1.165, 1.54) is 7.11 Å². The zero-order chi connectivity index (χ0) is 13.7. The van der Waals surface area contributed by atoms with Crippen molar-refractivity contribution in [1.29, 1.82) is 0 Å². The fraction of sp³-hybridized carbons (Fsp3) is 0.583. The molecule has 1 aromatic heterocycles. The molecule has 2 N–H and O–H groups in total. The number of nitrogens with one attached hydrogen (secondary N) is 2. The number of morpholine rings is 1. The lowest BCUT2D eigenvalue weighted by atomic mass is 10.3. The van der Waals surface area contributed by atoms with Crippen LogP contribution in [0.1, 0.15) is 16.3 Å². The molecular formula is C12H18N4O3. The normalized spacial score (nSPS) is 18.9. The van der Waals surface area contributed by atoms with Crippen molar-refractivity contribution in [2.24, 2.45) is 0 Å². The van der Waals surface area contributed by atoms with Crippen molar-refractivity contribution in [3.63, 3.8) is 0 Å². The highest BCUT2D eigenvalue weighted by Gasteiger charge is 2.15. The van der Waals surface area contributed by atoms with Gasteiger partial charge in [-0.3, -0.25) is 0 Å². The Morgan fingerprint density at radius 2 is 2.47 bits per heavy atom. The van der Waals surface area contributed by atoms with Crippen LogP contribution in [0.15, 0.2) is 6.07 Å². The highest BCUT2D eigenvalue weighted by atomic mass is 16.5. The van der Waals surface area contributed by atoms with Crippen molar-refractivity contribution in [1.82, 2.24) is 15.3 Å². The molecule has 1 unspecified atom stereocenters. The van der Waals surface area contributed by atoms with E-state index >= 15 is 0 Å². The number of carbonyl (C=O) groups is 1. The second-order valence-corrected chi connectivity index (χ2v) is 4.29. The molecule has 7 nitrogen and oxygen atoms in total. The Balaban J connectivity index is 1.99. The molecule has 1 saturated heterocycles. The first kappa shape index (κ1) is 13.7. The SMILES string of the molecule is COC(=O)c1nc(C)cc(NCC2CNCCO2)n1. The third-order valence-electron chi connectivity index (χ3n) is 2.74.